The first-order valence-electron chi connectivity index (χ1n) is 7.49. The Kier molecular flexibility index (Phi) is 6.00. The largest absolute Gasteiger partial charge is 0.496 e. The molecule has 2 aromatic rings. The Balaban J connectivity index is 2.39. The van der Waals surface area contributed by atoms with Crippen molar-refractivity contribution in [2.24, 2.45) is 0 Å². The number of aromatic nitrogens is 1. The third-order valence-electron chi connectivity index (χ3n) is 3.53. The first-order valence-corrected chi connectivity index (χ1v) is 7.49. The van der Waals surface area contributed by atoms with Gasteiger partial charge in [0.15, 0.2) is 0 Å². The van der Waals surface area contributed by atoms with Crippen LogP contribution >= 0.6 is 0 Å². The summed E-state index contributed by atoms with van der Waals surface area (Å²) in [6, 6.07) is 9.87. The molecule has 2 rings (SSSR count). The van der Waals surface area contributed by atoms with Crippen LogP contribution in [0.1, 0.15) is 18.1 Å². The number of para-hydroxylation sites is 1. The van der Waals surface area contributed by atoms with Crippen molar-refractivity contribution in [3.63, 3.8) is 0 Å². The average molecular weight is 313 g/mol. The maximum absolute atomic E-state index is 6.10. The van der Waals surface area contributed by atoms with Gasteiger partial charge in [-0.3, -0.25) is 0 Å². The van der Waals surface area contributed by atoms with Gasteiger partial charge in [0.25, 0.3) is 0 Å². The van der Waals surface area contributed by atoms with Crippen LogP contribution in [0.5, 0.6) is 5.75 Å². The van der Waals surface area contributed by atoms with E-state index < -0.39 is 0 Å². The van der Waals surface area contributed by atoms with E-state index in [4.69, 9.17) is 15.2 Å². The number of hydrogen-bond acceptors (Lipinski definition) is 5. The maximum atomic E-state index is 6.10. The number of nitrogen functional groups attached to an aromatic ring is 1. The molecular formula is C18H23N3O2. The minimum atomic E-state index is 0.487. The second-order valence-corrected chi connectivity index (χ2v) is 4.98. The van der Waals surface area contributed by atoms with Crippen molar-refractivity contribution in [2.45, 2.75) is 6.92 Å². The Labute approximate surface area is 137 Å². The van der Waals surface area contributed by atoms with Gasteiger partial charge in [-0.15, -0.1) is 0 Å². The SMILES string of the molecule is C/C=C(/c1ccccc1OC)c1cc(NCCOC)cnc1N. The molecule has 1 heterocycles. The fourth-order valence-electron chi connectivity index (χ4n) is 2.41. The molecule has 1 aromatic carbocycles. The lowest BCUT2D eigenvalue weighted by atomic mass is 9.97. The highest BCUT2D eigenvalue weighted by Gasteiger charge is 2.13. The summed E-state index contributed by atoms with van der Waals surface area (Å²) < 4.78 is 10.5. The molecule has 23 heavy (non-hydrogen) atoms. The molecule has 1 aromatic heterocycles. The second-order valence-electron chi connectivity index (χ2n) is 4.98. The van der Waals surface area contributed by atoms with Gasteiger partial charge in [-0.25, -0.2) is 4.98 Å². The molecule has 122 valence electrons. The van der Waals surface area contributed by atoms with E-state index in [1.807, 2.05) is 43.3 Å². The van der Waals surface area contributed by atoms with Gasteiger partial charge in [0, 0.05) is 24.8 Å². The second kappa shape index (κ2) is 8.19. The third kappa shape index (κ3) is 4.02. The predicted octanol–water partition coefficient (Wildman–Crippen LogP) is 3.18. The molecule has 0 aliphatic rings. The van der Waals surface area contributed by atoms with Crippen LogP contribution in [0, 0.1) is 0 Å². The fourth-order valence-corrected chi connectivity index (χ4v) is 2.41. The number of benzene rings is 1. The summed E-state index contributed by atoms with van der Waals surface area (Å²) in [4.78, 5) is 4.30. The lowest BCUT2D eigenvalue weighted by Gasteiger charge is -2.15. The molecule has 5 nitrogen and oxygen atoms in total. The smallest absolute Gasteiger partial charge is 0.131 e. The van der Waals surface area contributed by atoms with E-state index in [1.165, 1.54) is 0 Å². The number of pyridine rings is 1. The normalized spacial score (nSPS) is 11.3. The van der Waals surface area contributed by atoms with Crippen molar-refractivity contribution in [1.82, 2.24) is 4.98 Å². The molecule has 0 bridgehead atoms. The van der Waals surface area contributed by atoms with Crippen molar-refractivity contribution < 1.29 is 9.47 Å². The van der Waals surface area contributed by atoms with Gasteiger partial charge in [-0.05, 0) is 24.6 Å². The summed E-state index contributed by atoms with van der Waals surface area (Å²) in [5, 5.41) is 3.27. The van der Waals surface area contributed by atoms with Crippen molar-refractivity contribution in [3.05, 3.63) is 53.7 Å². The molecule has 0 fully saturated rings. The number of allylic oxidation sites excluding steroid dienone is 1. The van der Waals surface area contributed by atoms with Gasteiger partial charge >= 0.3 is 0 Å². The van der Waals surface area contributed by atoms with Crippen molar-refractivity contribution in [1.29, 1.82) is 0 Å². The number of nitrogens with one attached hydrogen (secondary N) is 1. The van der Waals surface area contributed by atoms with Crippen LogP contribution in [-0.2, 0) is 4.74 Å². The van der Waals surface area contributed by atoms with Crippen LogP contribution < -0.4 is 15.8 Å². The molecule has 0 saturated heterocycles. The van der Waals surface area contributed by atoms with Crippen molar-refractivity contribution in [3.8, 4) is 5.75 Å². The molecule has 5 heteroatoms. The van der Waals surface area contributed by atoms with Crippen LogP contribution in [0.15, 0.2) is 42.6 Å². The maximum Gasteiger partial charge on any atom is 0.131 e. The number of hydrogen-bond donors (Lipinski definition) is 2. The zero-order valence-electron chi connectivity index (χ0n) is 13.8. The first kappa shape index (κ1) is 16.8. The minimum absolute atomic E-state index is 0.487. The van der Waals surface area contributed by atoms with Crippen LogP contribution in [0.2, 0.25) is 0 Å². The Morgan fingerprint density at radius 3 is 2.74 bits per heavy atom. The Bertz CT molecular complexity index is 684. The summed E-state index contributed by atoms with van der Waals surface area (Å²) in [5.74, 6) is 1.29. The van der Waals surface area contributed by atoms with Gasteiger partial charge in [-0.1, -0.05) is 24.3 Å². The molecule has 0 unspecified atom stereocenters. The Hall–Kier alpha value is -2.53. The topological polar surface area (TPSA) is 69.4 Å². The Morgan fingerprint density at radius 2 is 2.04 bits per heavy atom. The highest BCUT2D eigenvalue weighted by Crippen LogP contribution is 2.34. The van der Waals surface area contributed by atoms with E-state index in [0.29, 0.717) is 19.0 Å². The van der Waals surface area contributed by atoms with E-state index in [0.717, 1.165) is 28.1 Å². The molecule has 3 N–H and O–H groups in total. The summed E-state index contributed by atoms with van der Waals surface area (Å²) >= 11 is 0. The molecule has 0 aliphatic heterocycles. The van der Waals surface area contributed by atoms with Gasteiger partial charge < -0.3 is 20.5 Å². The van der Waals surface area contributed by atoms with Crippen LogP contribution in [0.25, 0.3) is 5.57 Å². The average Bonchev–Trinajstić information content (AvgIpc) is 2.58. The Morgan fingerprint density at radius 1 is 1.26 bits per heavy atom. The van der Waals surface area contributed by atoms with Gasteiger partial charge in [0.1, 0.15) is 11.6 Å². The quantitative estimate of drug-likeness (QED) is 0.768. The number of methoxy groups -OCH3 is 2. The lowest BCUT2D eigenvalue weighted by Crippen LogP contribution is -2.09. The van der Waals surface area contributed by atoms with E-state index >= 15 is 0 Å². The zero-order chi connectivity index (χ0) is 16.7. The van der Waals surface area contributed by atoms with E-state index in [-0.39, 0.29) is 0 Å². The lowest BCUT2D eigenvalue weighted by molar-refractivity contribution is 0.211. The van der Waals surface area contributed by atoms with E-state index in [1.54, 1.807) is 20.4 Å². The zero-order valence-corrected chi connectivity index (χ0v) is 13.8. The predicted molar refractivity (Wildman–Crippen MR) is 94.8 cm³/mol. The number of anilines is 2. The molecule has 0 amide bonds. The highest BCUT2D eigenvalue weighted by molar-refractivity contribution is 5.87. The van der Waals surface area contributed by atoms with Gasteiger partial charge in [0.05, 0.1) is 25.6 Å². The number of nitrogens with two attached hydrogens (primary N) is 1. The van der Waals surface area contributed by atoms with Gasteiger partial charge in [-0.2, -0.15) is 0 Å². The summed E-state index contributed by atoms with van der Waals surface area (Å²) in [6.45, 7) is 3.32. The number of ether oxygens (including phenoxy) is 2. The summed E-state index contributed by atoms with van der Waals surface area (Å²) in [6.07, 6.45) is 3.74. The van der Waals surface area contributed by atoms with Crippen LogP contribution in [0.3, 0.4) is 0 Å². The van der Waals surface area contributed by atoms with Crippen molar-refractivity contribution >= 4 is 17.1 Å². The monoisotopic (exact) mass is 313 g/mol. The molecule has 0 spiro atoms. The molecule has 0 radical (unpaired) electrons. The van der Waals surface area contributed by atoms with Crippen molar-refractivity contribution in [2.75, 3.05) is 38.4 Å². The minimum Gasteiger partial charge on any atom is -0.496 e. The fraction of sp³-hybridized carbons (Fsp3) is 0.278. The van der Waals surface area contributed by atoms with Crippen LogP contribution in [-0.4, -0.2) is 32.4 Å². The van der Waals surface area contributed by atoms with E-state index in [2.05, 4.69) is 10.3 Å². The first-order chi connectivity index (χ1) is 11.2. The highest BCUT2D eigenvalue weighted by atomic mass is 16.5. The standard InChI is InChI=1S/C18H23N3O2/c1-4-14(15-7-5-6-8-17(15)23-3)16-11-13(12-21-18(16)19)20-9-10-22-2/h4-8,11-12,20H,9-10H2,1-3H3,(H2,19,21)/b14-4-. The number of nitrogens with zero attached hydrogens (tertiary/aromatic N) is 1. The number of rotatable bonds is 7. The van der Waals surface area contributed by atoms with E-state index in [9.17, 15) is 0 Å². The summed E-state index contributed by atoms with van der Waals surface area (Å²) in [5.41, 5.74) is 9.86. The summed E-state index contributed by atoms with van der Waals surface area (Å²) in [7, 11) is 3.34. The molecule has 0 aliphatic carbocycles. The molecular weight excluding hydrogens is 290 g/mol. The van der Waals surface area contributed by atoms with Gasteiger partial charge in [0.2, 0.25) is 0 Å². The molecule has 0 atom stereocenters. The third-order valence-corrected chi connectivity index (χ3v) is 3.53. The molecule has 0 saturated carbocycles. The van der Waals surface area contributed by atoms with Crippen LogP contribution in [0.4, 0.5) is 11.5 Å².